The predicted octanol–water partition coefficient (Wildman–Crippen LogP) is 10.2. The van der Waals surface area contributed by atoms with Crippen molar-refractivity contribution < 1.29 is 9.53 Å². The number of nitrogens with zero attached hydrogens (tertiary/aromatic N) is 1. The van der Waals surface area contributed by atoms with Crippen LogP contribution < -0.4 is 0 Å². The lowest BCUT2D eigenvalue weighted by Gasteiger charge is -2.45. The van der Waals surface area contributed by atoms with Crippen LogP contribution in [0.25, 0.3) is 5.57 Å². The standard InChI is InChI=1S/C36H55NO2Si/c1-23(2)29-30-27(21-36(9,10)22-28(30)39-40(11,12)35(6,7)8)37-32(24-15-13-14-16-24)31(29)33(38)25-17-19-26(20-18-25)34(3,4)5/h17-20,24,28,33,38H,1,13-16,21-22H2,2-12H3. The fraction of sp³-hybridized carbons (Fsp3) is 0.639. The summed E-state index contributed by atoms with van der Waals surface area (Å²) in [4.78, 5) is 5.51. The highest BCUT2D eigenvalue weighted by Crippen LogP contribution is 2.52. The van der Waals surface area contributed by atoms with Gasteiger partial charge in [0.1, 0.15) is 6.10 Å². The zero-order chi connectivity index (χ0) is 29.8. The Morgan fingerprint density at radius 2 is 1.62 bits per heavy atom. The number of aliphatic hydroxyl groups is 1. The molecule has 0 saturated heterocycles. The lowest BCUT2D eigenvalue weighted by molar-refractivity contribution is 0.105. The predicted molar refractivity (Wildman–Crippen MR) is 172 cm³/mol. The molecule has 2 atom stereocenters. The van der Waals surface area contributed by atoms with E-state index in [2.05, 4.69) is 106 Å². The molecule has 40 heavy (non-hydrogen) atoms. The van der Waals surface area contributed by atoms with Gasteiger partial charge >= 0.3 is 0 Å². The first-order valence-electron chi connectivity index (χ1n) is 15.5. The maximum Gasteiger partial charge on any atom is 0.192 e. The average molecular weight is 562 g/mol. The summed E-state index contributed by atoms with van der Waals surface area (Å²) in [7, 11) is -2.07. The van der Waals surface area contributed by atoms with Crippen LogP contribution >= 0.6 is 0 Å². The summed E-state index contributed by atoms with van der Waals surface area (Å²) >= 11 is 0. The van der Waals surface area contributed by atoms with E-state index in [0.717, 1.165) is 53.6 Å². The van der Waals surface area contributed by atoms with E-state index in [-0.39, 0.29) is 22.0 Å². The van der Waals surface area contributed by atoms with Gasteiger partial charge in [-0.05, 0) is 78.3 Å². The third-order valence-electron chi connectivity index (χ3n) is 9.86. The van der Waals surface area contributed by atoms with Crippen molar-refractivity contribution in [1.29, 1.82) is 0 Å². The van der Waals surface area contributed by atoms with E-state index in [9.17, 15) is 5.11 Å². The molecule has 2 aromatic rings. The van der Waals surface area contributed by atoms with E-state index in [4.69, 9.17) is 9.41 Å². The molecule has 1 heterocycles. The summed E-state index contributed by atoms with van der Waals surface area (Å²) in [6.07, 6.45) is 5.80. The molecule has 1 saturated carbocycles. The van der Waals surface area contributed by atoms with Crippen LogP contribution in [0.1, 0.15) is 152 Å². The van der Waals surface area contributed by atoms with Crippen molar-refractivity contribution in [1.82, 2.24) is 4.98 Å². The number of aliphatic hydroxyl groups excluding tert-OH is 1. The Morgan fingerprint density at radius 1 is 1.05 bits per heavy atom. The van der Waals surface area contributed by atoms with Gasteiger partial charge in [0.2, 0.25) is 0 Å². The van der Waals surface area contributed by atoms with Crippen LogP contribution in [-0.2, 0) is 16.3 Å². The molecule has 0 aliphatic heterocycles. The highest BCUT2D eigenvalue weighted by Gasteiger charge is 2.45. The molecule has 0 amide bonds. The molecular formula is C36H55NO2Si. The van der Waals surface area contributed by atoms with E-state index < -0.39 is 14.4 Å². The zero-order valence-electron chi connectivity index (χ0n) is 27.3. The van der Waals surface area contributed by atoms with E-state index in [1.54, 1.807) is 0 Å². The number of hydrogen-bond acceptors (Lipinski definition) is 3. The molecular weight excluding hydrogens is 506 g/mol. The first-order chi connectivity index (χ1) is 18.3. The van der Waals surface area contributed by atoms with Crippen molar-refractivity contribution in [3.63, 3.8) is 0 Å². The van der Waals surface area contributed by atoms with Crippen LogP contribution in [-0.4, -0.2) is 18.4 Å². The minimum atomic E-state index is -2.07. The number of allylic oxidation sites excluding steroid dienone is 1. The molecule has 0 bridgehead atoms. The van der Waals surface area contributed by atoms with Crippen molar-refractivity contribution in [2.24, 2.45) is 5.41 Å². The molecule has 2 aliphatic rings. The van der Waals surface area contributed by atoms with Crippen LogP contribution in [0, 0.1) is 5.41 Å². The van der Waals surface area contributed by atoms with Gasteiger partial charge in [0, 0.05) is 22.7 Å². The number of benzene rings is 1. The van der Waals surface area contributed by atoms with Gasteiger partial charge in [0.05, 0.1) is 11.8 Å². The molecule has 3 nitrogen and oxygen atoms in total. The Kier molecular flexibility index (Phi) is 8.44. The third kappa shape index (κ3) is 6.20. The Bertz CT molecular complexity index is 1240. The second-order valence-electron chi connectivity index (χ2n) is 16.1. The number of fused-ring (bicyclic) bond motifs is 1. The summed E-state index contributed by atoms with van der Waals surface area (Å²) in [6, 6.07) is 8.56. The second-order valence-corrected chi connectivity index (χ2v) is 20.9. The SMILES string of the molecule is C=C(C)c1c2c(nc(C3CCCC3)c1C(O)c1ccc(C(C)(C)C)cc1)CC(C)(C)CC2O[Si](C)(C)C(C)(C)C. The van der Waals surface area contributed by atoms with E-state index in [1.165, 1.54) is 29.7 Å². The van der Waals surface area contributed by atoms with Gasteiger partial charge < -0.3 is 9.53 Å². The Hall–Kier alpha value is -1.75. The Morgan fingerprint density at radius 3 is 2.12 bits per heavy atom. The summed E-state index contributed by atoms with van der Waals surface area (Å²) in [6.45, 7) is 29.7. The van der Waals surface area contributed by atoms with Crippen molar-refractivity contribution >= 4 is 13.9 Å². The molecule has 220 valence electrons. The van der Waals surface area contributed by atoms with E-state index >= 15 is 0 Å². The number of hydrogen-bond donors (Lipinski definition) is 1. The normalized spacial score (nSPS) is 20.9. The minimum Gasteiger partial charge on any atom is -0.410 e. The molecule has 1 fully saturated rings. The van der Waals surface area contributed by atoms with Gasteiger partial charge in [-0.2, -0.15) is 0 Å². The quantitative estimate of drug-likeness (QED) is 0.357. The fourth-order valence-corrected chi connectivity index (χ4v) is 7.77. The summed E-state index contributed by atoms with van der Waals surface area (Å²) in [5.74, 6) is 0.381. The zero-order valence-corrected chi connectivity index (χ0v) is 28.3. The molecule has 1 aromatic carbocycles. The maximum absolute atomic E-state index is 12.2. The van der Waals surface area contributed by atoms with Gasteiger partial charge in [-0.3, -0.25) is 4.98 Å². The number of aromatic nitrogens is 1. The highest BCUT2D eigenvalue weighted by atomic mass is 28.4. The van der Waals surface area contributed by atoms with Crippen molar-refractivity contribution in [3.05, 3.63) is 70.0 Å². The third-order valence-corrected chi connectivity index (χ3v) is 14.4. The lowest BCUT2D eigenvalue weighted by Crippen LogP contribution is -2.44. The van der Waals surface area contributed by atoms with Gasteiger partial charge in [0.25, 0.3) is 0 Å². The van der Waals surface area contributed by atoms with Crippen molar-refractivity contribution in [2.45, 2.75) is 143 Å². The maximum atomic E-state index is 12.2. The molecule has 4 rings (SSSR count). The van der Waals surface area contributed by atoms with Gasteiger partial charge in [-0.1, -0.05) is 105 Å². The van der Waals surface area contributed by atoms with E-state index in [0.29, 0.717) is 5.92 Å². The lowest BCUT2D eigenvalue weighted by atomic mass is 9.71. The minimum absolute atomic E-state index is 0.0503. The molecule has 1 aromatic heterocycles. The van der Waals surface area contributed by atoms with Crippen LogP contribution in [0.3, 0.4) is 0 Å². The molecule has 2 unspecified atom stereocenters. The Labute approximate surface area is 246 Å². The molecule has 0 spiro atoms. The van der Waals surface area contributed by atoms with Crippen LogP contribution in [0.15, 0.2) is 30.8 Å². The van der Waals surface area contributed by atoms with Crippen LogP contribution in [0.5, 0.6) is 0 Å². The molecule has 2 aliphatic carbocycles. The summed E-state index contributed by atoms with van der Waals surface area (Å²) in [5, 5.41) is 12.3. The largest absolute Gasteiger partial charge is 0.410 e. The van der Waals surface area contributed by atoms with Crippen molar-refractivity contribution in [3.8, 4) is 0 Å². The van der Waals surface area contributed by atoms with E-state index in [1.807, 2.05) is 0 Å². The molecule has 4 heteroatoms. The smallest absolute Gasteiger partial charge is 0.192 e. The van der Waals surface area contributed by atoms with Gasteiger partial charge in [-0.15, -0.1) is 0 Å². The monoisotopic (exact) mass is 561 g/mol. The average Bonchev–Trinajstić information content (AvgIpc) is 3.35. The van der Waals surface area contributed by atoms with Gasteiger partial charge in [0.15, 0.2) is 8.32 Å². The topological polar surface area (TPSA) is 42.4 Å². The first kappa shape index (κ1) is 31.2. The summed E-state index contributed by atoms with van der Waals surface area (Å²) in [5.41, 5.74) is 8.90. The Balaban J connectivity index is 1.96. The molecule has 0 radical (unpaired) electrons. The second kappa shape index (κ2) is 10.8. The fourth-order valence-electron chi connectivity index (χ4n) is 6.51. The van der Waals surface area contributed by atoms with Crippen molar-refractivity contribution in [2.75, 3.05) is 0 Å². The first-order valence-corrected chi connectivity index (χ1v) is 18.4. The van der Waals surface area contributed by atoms with Crippen LogP contribution in [0.4, 0.5) is 0 Å². The van der Waals surface area contributed by atoms with Crippen LogP contribution in [0.2, 0.25) is 18.1 Å². The van der Waals surface area contributed by atoms with Gasteiger partial charge in [-0.25, -0.2) is 0 Å². The number of pyridine rings is 1. The molecule has 1 N–H and O–H groups in total. The highest BCUT2D eigenvalue weighted by molar-refractivity contribution is 6.74. The number of rotatable bonds is 6. The summed E-state index contributed by atoms with van der Waals surface area (Å²) < 4.78 is 7.23.